The van der Waals surface area contributed by atoms with Gasteiger partial charge >= 0.3 is 0 Å². The number of rotatable bonds is 3. The summed E-state index contributed by atoms with van der Waals surface area (Å²) in [5.74, 6) is 0.0344. The predicted octanol–water partition coefficient (Wildman–Crippen LogP) is 0.906. The van der Waals surface area contributed by atoms with Crippen molar-refractivity contribution >= 4 is 15.7 Å². The van der Waals surface area contributed by atoms with Crippen LogP contribution in [0.5, 0.6) is 5.75 Å². The van der Waals surface area contributed by atoms with Crippen molar-refractivity contribution in [2.75, 3.05) is 11.4 Å². The van der Waals surface area contributed by atoms with Crippen molar-refractivity contribution in [1.29, 1.82) is 0 Å². The second-order valence-corrected chi connectivity index (χ2v) is 5.80. The van der Waals surface area contributed by atoms with Crippen molar-refractivity contribution in [3.05, 3.63) is 52.9 Å². The number of phenols is 1. The molecule has 0 fully saturated rings. The van der Waals surface area contributed by atoms with E-state index in [9.17, 15) is 18.3 Å². The molecule has 100 valence electrons. The Labute approximate surface area is 110 Å². The summed E-state index contributed by atoms with van der Waals surface area (Å²) in [5.41, 5.74) is -0.231. The van der Waals surface area contributed by atoms with Crippen LogP contribution in [0.1, 0.15) is 0 Å². The lowest BCUT2D eigenvalue weighted by molar-refractivity contribution is 0.475. The molecule has 1 aromatic heterocycles. The molecule has 0 bridgehead atoms. The lowest BCUT2D eigenvalue weighted by Crippen LogP contribution is -2.30. The summed E-state index contributed by atoms with van der Waals surface area (Å²) < 4.78 is 25.5. The molecule has 19 heavy (non-hydrogen) atoms. The number of hydrogen-bond acceptors (Lipinski definition) is 4. The number of aromatic amines is 1. The van der Waals surface area contributed by atoms with Gasteiger partial charge in [0.25, 0.3) is 10.0 Å². The fourth-order valence-electron chi connectivity index (χ4n) is 1.55. The Balaban J connectivity index is 2.48. The highest BCUT2D eigenvalue weighted by Crippen LogP contribution is 2.22. The Morgan fingerprint density at radius 3 is 2.37 bits per heavy atom. The van der Waals surface area contributed by atoms with Crippen molar-refractivity contribution in [3.63, 3.8) is 0 Å². The number of benzene rings is 1. The van der Waals surface area contributed by atoms with E-state index in [0.717, 1.165) is 16.6 Å². The minimum Gasteiger partial charge on any atom is -0.508 e. The van der Waals surface area contributed by atoms with Crippen LogP contribution in [0, 0.1) is 0 Å². The standard InChI is InChI=1S/C12H12N2O4S/c1-14(9-2-4-10(15)5-3-9)19(17,18)12-8-13-7-6-11(12)16/h2-8,15H,1H3,(H,13,16). The third kappa shape index (κ3) is 2.45. The maximum absolute atomic E-state index is 12.3. The minimum atomic E-state index is -3.93. The van der Waals surface area contributed by atoms with Crippen LogP contribution in [0.2, 0.25) is 0 Å². The molecular formula is C12H12N2O4S. The first-order chi connectivity index (χ1) is 8.93. The molecule has 0 spiro atoms. The maximum Gasteiger partial charge on any atom is 0.269 e. The molecule has 0 aliphatic rings. The van der Waals surface area contributed by atoms with Gasteiger partial charge in [-0.3, -0.25) is 9.10 Å². The van der Waals surface area contributed by atoms with Gasteiger partial charge in [0.2, 0.25) is 5.43 Å². The highest BCUT2D eigenvalue weighted by Gasteiger charge is 2.23. The van der Waals surface area contributed by atoms with Crippen LogP contribution in [0.15, 0.2) is 52.4 Å². The molecule has 2 aromatic rings. The van der Waals surface area contributed by atoms with Gasteiger partial charge in [-0.15, -0.1) is 0 Å². The largest absolute Gasteiger partial charge is 0.508 e. The zero-order chi connectivity index (χ0) is 14.0. The summed E-state index contributed by atoms with van der Waals surface area (Å²) in [7, 11) is -2.59. The number of anilines is 1. The van der Waals surface area contributed by atoms with E-state index in [1.807, 2.05) is 0 Å². The lowest BCUT2D eigenvalue weighted by Gasteiger charge is -2.18. The van der Waals surface area contributed by atoms with Crippen molar-refractivity contribution < 1.29 is 13.5 Å². The molecule has 2 N–H and O–H groups in total. The van der Waals surface area contributed by atoms with Gasteiger partial charge in [-0.2, -0.15) is 0 Å². The summed E-state index contributed by atoms with van der Waals surface area (Å²) in [5, 5.41) is 9.18. The first-order valence-electron chi connectivity index (χ1n) is 5.38. The van der Waals surface area contributed by atoms with Crippen LogP contribution in [0.3, 0.4) is 0 Å². The van der Waals surface area contributed by atoms with Crippen molar-refractivity contribution in [2.24, 2.45) is 0 Å². The fraction of sp³-hybridized carbons (Fsp3) is 0.0833. The van der Waals surface area contributed by atoms with Crippen LogP contribution in [0.4, 0.5) is 5.69 Å². The van der Waals surface area contributed by atoms with Crippen LogP contribution in [-0.2, 0) is 10.0 Å². The molecule has 6 nitrogen and oxygen atoms in total. The predicted molar refractivity (Wildman–Crippen MR) is 70.8 cm³/mol. The third-order valence-electron chi connectivity index (χ3n) is 2.64. The summed E-state index contributed by atoms with van der Waals surface area (Å²) in [6, 6.07) is 6.79. The molecule has 1 heterocycles. The van der Waals surface area contributed by atoms with Gasteiger partial charge in [0, 0.05) is 25.5 Å². The Morgan fingerprint density at radius 2 is 1.79 bits per heavy atom. The van der Waals surface area contributed by atoms with E-state index >= 15 is 0 Å². The van der Waals surface area contributed by atoms with Crippen LogP contribution in [-0.4, -0.2) is 25.6 Å². The van der Waals surface area contributed by atoms with Gasteiger partial charge in [0.05, 0.1) is 5.69 Å². The van der Waals surface area contributed by atoms with E-state index in [4.69, 9.17) is 0 Å². The molecule has 0 saturated heterocycles. The van der Waals surface area contributed by atoms with E-state index in [1.54, 1.807) is 0 Å². The zero-order valence-corrected chi connectivity index (χ0v) is 10.9. The zero-order valence-electron chi connectivity index (χ0n) is 10.1. The molecule has 0 aliphatic heterocycles. The first kappa shape index (κ1) is 13.2. The summed E-state index contributed by atoms with van der Waals surface area (Å²) in [6.07, 6.45) is 2.51. The molecular weight excluding hydrogens is 268 g/mol. The molecule has 1 aromatic carbocycles. The quantitative estimate of drug-likeness (QED) is 0.874. The van der Waals surface area contributed by atoms with Gasteiger partial charge in [0.15, 0.2) is 4.90 Å². The molecule has 0 atom stereocenters. The Hall–Kier alpha value is -2.28. The molecule has 2 rings (SSSR count). The van der Waals surface area contributed by atoms with Crippen molar-refractivity contribution in [3.8, 4) is 5.75 Å². The average molecular weight is 280 g/mol. The van der Waals surface area contributed by atoms with E-state index in [2.05, 4.69) is 4.98 Å². The van der Waals surface area contributed by atoms with E-state index < -0.39 is 15.5 Å². The SMILES string of the molecule is CN(c1ccc(O)cc1)S(=O)(=O)c1c[nH]ccc1=O. The Kier molecular flexibility index (Phi) is 3.30. The summed E-state index contributed by atoms with van der Waals surface area (Å²) in [4.78, 5) is 13.8. The lowest BCUT2D eigenvalue weighted by atomic mass is 10.3. The number of nitrogens with one attached hydrogen (secondary N) is 1. The van der Waals surface area contributed by atoms with E-state index in [1.165, 1.54) is 37.5 Å². The highest BCUT2D eigenvalue weighted by molar-refractivity contribution is 7.92. The molecule has 0 unspecified atom stereocenters. The topological polar surface area (TPSA) is 90.5 Å². The molecule has 0 radical (unpaired) electrons. The number of aromatic nitrogens is 1. The second-order valence-electron chi connectivity index (χ2n) is 3.86. The van der Waals surface area contributed by atoms with E-state index in [-0.39, 0.29) is 10.6 Å². The van der Waals surface area contributed by atoms with Crippen LogP contribution >= 0.6 is 0 Å². The number of pyridine rings is 1. The Morgan fingerprint density at radius 1 is 1.16 bits per heavy atom. The number of hydrogen-bond donors (Lipinski definition) is 2. The van der Waals surface area contributed by atoms with Gasteiger partial charge < -0.3 is 10.1 Å². The van der Waals surface area contributed by atoms with E-state index in [0.29, 0.717) is 5.69 Å². The minimum absolute atomic E-state index is 0.0344. The summed E-state index contributed by atoms with van der Waals surface area (Å²) in [6.45, 7) is 0. The monoisotopic (exact) mass is 280 g/mol. The van der Waals surface area contributed by atoms with Gasteiger partial charge in [-0.25, -0.2) is 8.42 Å². The van der Waals surface area contributed by atoms with Crippen LogP contribution in [0.25, 0.3) is 0 Å². The second kappa shape index (κ2) is 4.77. The van der Waals surface area contributed by atoms with Crippen molar-refractivity contribution in [2.45, 2.75) is 4.90 Å². The van der Waals surface area contributed by atoms with Gasteiger partial charge in [0.1, 0.15) is 5.75 Å². The molecule has 0 aliphatic carbocycles. The normalized spacial score (nSPS) is 11.2. The number of aromatic hydroxyl groups is 1. The summed E-state index contributed by atoms with van der Waals surface area (Å²) >= 11 is 0. The Bertz CT molecular complexity index is 735. The van der Waals surface area contributed by atoms with Crippen molar-refractivity contribution in [1.82, 2.24) is 4.98 Å². The maximum atomic E-state index is 12.3. The number of nitrogens with zero attached hydrogens (tertiary/aromatic N) is 1. The number of phenolic OH excluding ortho intramolecular Hbond substituents is 1. The number of H-pyrrole nitrogens is 1. The van der Waals surface area contributed by atoms with Gasteiger partial charge in [-0.1, -0.05) is 0 Å². The fourth-order valence-corrected chi connectivity index (χ4v) is 2.78. The number of sulfonamides is 1. The van der Waals surface area contributed by atoms with Gasteiger partial charge in [-0.05, 0) is 24.3 Å². The molecule has 0 amide bonds. The smallest absolute Gasteiger partial charge is 0.269 e. The highest BCUT2D eigenvalue weighted by atomic mass is 32.2. The first-order valence-corrected chi connectivity index (χ1v) is 6.82. The third-order valence-corrected chi connectivity index (χ3v) is 4.45. The average Bonchev–Trinajstić information content (AvgIpc) is 2.39. The molecule has 7 heteroatoms. The van der Waals surface area contributed by atoms with Crippen LogP contribution < -0.4 is 9.73 Å². The molecule has 0 saturated carbocycles.